The lowest BCUT2D eigenvalue weighted by atomic mass is 10.00. The first kappa shape index (κ1) is 13.1. The Bertz CT molecular complexity index is 452. The van der Waals surface area contributed by atoms with Crippen molar-refractivity contribution in [1.82, 2.24) is 0 Å². The number of rotatable bonds is 3. The van der Waals surface area contributed by atoms with Crippen molar-refractivity contribution in [3.05, 3.63) is 58.7 Å². The monoisotopic (exact) mass is 240 g/mol. The number of unbranched alkanes of at least 4 members (excludes halogenated alkanes) is 1. The third-order valence-corrected chi connectivity index (χ3v) is 3.62. The molecular formula is C18H24. The van der Waals surface area contributed by atoms with Crippen LogP contribution in [-0.4, -0.2) is 0 Å². The summed E-state index contributed by atoms with van der Waals surface area (Å²) < 4.78 is 0. The maximum Gasteiger partial charge on any atom is -0.00169 e. The van der Waals surface area contributed by atoms with E-state index in [0.29, 0.717) is 5.92 Å². The zero-order chi connectivity index (χ0) is 13.0. The van der Waals surface area contributed by atoms with Gasteiger partial charge in [-0.3, -0.25) is 0 Å². The van der Waals surface area contributed by atoms with Crippen molar-refractivity contribution in [3.8, 4) is 0 Å². The molecule has 0 heteroatoms. The van der Waals surface area contributed by atoms with Crippen LogP contribution in [0.5, 0.6) is 0 Å². The number of allylic oxidation sites excluding steroid dienone is 10. The summed E-state index contributed by atoms with van der Waals surface area (Å²) in [5.74, 6) is 0.557. The average molecular weight is 240 g/mol. The van der Waals surface area contributed by atoms with Gasteiger partial charge in [-0.25, -0.2) is 0 Å². The summed E-state index contributed by atoms with van der Waals surface area (Å²) in [5, 5.41) is 0. The lowest BCUT2D eigenvalue weighted by molar-refractivity contribution is 0.937. The summed E-state index contributed by atoms with van der Waals surface area (Å²) >= 11 is 0. The molecule has 1 atom stereocenters. The van der Waals surface area contributed by atoms with E-state index in [4.69, 9.17) is 0 Å². The summed E-state index contributed by atoms with van der Waals surface area (Å²) in [5.41, 5.74) is 5.98. The maximum atomic E-state index is 2.43. The lowest BCUT2D eigenvalue weighted by Gasteiger charge is -2.05. The topological polar surface area (TPSA) is 0 Å². The molecule has 2 rings (SSSR count). The maximum absolute atomic E-state index is 2.43. The summed E-state index contributed by atoms with van der Waals surface area (Å²) in [7, 11) is 0. The second kappa shape index (κ2) is 6.04. The second-order valence-electron chi connectivity index (χ2n) is 5.24. The summed E-state index contributed by atoms with van der Waals surface area (Å²) in [6, 6.07) is 0. The van der Waals surface area contributed by atoms with E-state index in [1.807, 2.05) is 0 Å². The molecule has 0 heterocycles. The van der Waals surface area contributed by atoms with E-state index in [1.165, 1.54) is 35.1 Å². The van der Waals surface area contributed by atoms with Gasteiger partial charge in [0.1, 0.15) is 0 Å². The Balaban J connectivity index is 2.37. The molecule has 0 aromatic carbocycles. The molecular weight excluding hydrogens is 216 g/mol. The van der Waals surface area contributed by atoms with Crippen molar-refractivity contribution in [3.63, 3.8) is 0 Å². The minimum Gasteiger partial charge on any atom is -0.0806 e. The molecule has 1 unspecified atom stereocenters. The first-order chi connectivity index (χ1) is 8.76. The largest absolute Gasteiger partial charge is 0.0806 e. The fourth-order valence-electron chi connectivity index (χ4n) is 2.63. The predicted octanol–water partition coefficient (Wildman–Crippen LogP) is 5.51. The van der Waals surface area contributed by atoms with Crippen LogP contribution in [0.4, 0.5) is 0 Å². The van der Waals surface area contributed by atoms with Crippen LogP contribution in [0.25, 0.3) is 0 Å². The molecule has 18 heavy (non-hydrogen) atoms. The van der Waals surface area contributed by atoms with Crippen LogP contribution in [0.2, 0.25) is 0 Å². The Labute approximate surface area is 111 Å². The molecule has 0 saturated carbocycles. The fourth-order valence-corrected chi connectivity index (χ4v) is 2.63. The Morgan fingerprint density at radius 1 is 1.17 bits per heavy atom. The number of hydrogen-bond donors (Lipinski definition) is 0. The van der Waals surface area contributed by atoms with Gasteiger partial charge >= 0.3 is 0 Å². The van der Waals surface area contributed by atoms with Gasteiger partial charge in [-0.1, -0.05) is 63.6 Å². The molecule has 0 fully saturated rings. The highest BCUT2D eigenvalue weighted by Gasteiger charge is 2.21. The Morgan fingerprint density at radius 2 is 1.94 bits per heavy atom. The van der Waals surface area contributed by atoms with E-state index in [9.17, 15) is 0 Å². The summed E-state index contributed by atoms with van der Waals surface area (Å²) in [4.78, 5) is 0. The Hall–Kier alpha value is -1.30. The molecule has 0 radical (unpaired) electrons. The Morgan fingerprint density at radius 3 is 2.67 bits per heavy atom. The zero-order valence-electron chi connectivity index (χ0n) is 11.9. The molecule has 0 nitrogen and oxygen atoms in total. The van der Waals surface area contributed by atoms with Crippen molar-refractivity contribution in [2.24, 2.45) is 5.92 Å². The van der Waals surface area contributed by atoms with Gasteiger partial charge in [0.05, 0.1) is 0 Å². The first-order valence-corrected chi connectivity index (χ1v) is 7.25. The molecule has 0 N–H and O–H groups in total. The molecule has 0 aliphatic heterocycles. The molecule has 0 aromatic heterocycles. The van der Waals surface area contributed by atoms with Crippen LogP contribution in [0.3, 0.4) is 0 Å². The molecule has 0 aromatic rings. The van der Waals surface area contributed by atoms with E-state index in [-0.39, 0.29) is 0 Å². The van der Waals surface area contributed by atoms with Crippen LogP contribution in [0.1, 0.15) is 46.5 Å². The minimum atomic E-state index is 0.557. The first-order valence-electron chi connectivity index (χ1n) is 7.25. The number of hydrogen-bond acceptors (Lipinski definition) is 0. The third-order valence-electron chi connectivity index (χ3n) is 3.62. The van der Waals surface area contributed by atoms with Gasteiger partial charge in [0, 0.05) is 0 Å². The molecule has 0 amide bonds. The molecule has 2 aliphatic rings. The normalized spacial score (nSPS) is 27.2. The fraction of sp³-hybridized carbons (Fsp3) is 0.444. The highest BCUT2D eigenvalue weighted by molar-refractivity contribution is 5.64. The lowest BCUT2D eigenvalue weighted by Crippen LogP contribution is -1.87. The molecule has 0 saturated heterocycles. The third kappa shape index (κ3) is 2.75. The van der Waals surface area contributed by atoms with Crippen LogP contribution in [0.15, 0.2) is 58.7 Å². The van der Waals surface area contributed by atoms with E-state index < -0.39 is 0 Å². The van der Waals surface area contributed by atoms with Crippen LogP contribution in [0, 0.1) is 5.92 Å². The molecule has 0 spiro atoms. The minimum absolute atomic E-state index is 0.557. The van der Waals surface area contributed by atoms with Crippen molar-refractivity contribution >= 4 is 0 Å². The van der Waals surface area contributed by atoms with Crippen molar-refractivity contribution in [1.29, 1.82) is 0 Å². The van der Waals surface area contributed by atoms with Crippen LogP contribution >= 0.6 is 0 Å². The van der Waals surface area contributed by atoms with E-state index in [2.05, 4.69) is 57.2 Å². The van der Waals surface area contributed by atoms with Gasteiger partial charge in [-0.15, -0.1) is 0 Å². The van der Waals surface area contributed by atoms with Gasteiger partial charge < -0.3 is 0 Å². The highest BCUT2D eigenvalue weighted by Crippen LogP contribution is 2.39. The van der Waals surface area contributed by atoms with Gasteiger partial charge in [-0.2, -0.15) is 0 Å². The smallest absolute Gasteiger partial charge is 0.00169 e. The van der Waals surface area contributed by atoms with E-state index in [1.54, 1.807) is 0 Å². The van der Waals surface area contributed by atoms with E-state index >= 15 is 0 Å². The Kier molecular flexibility index (Phi) is 4.41. The summed E-state index contributed by atoms with van der Waals surface area (Å²) in [6.07, 6.45) is 18.8. The SMILES string of the molecule is CC/C=C1/CC2=C(C=CC(C)C=C2)/C1=C/CCC. The quantitative estimate of drug-likeness (QED) is 0.610. The molecule has 0 bridgehead atoms. The zero-order valence-corrected chi connectivity index (χ0v) is 11.9. The summed E-state index contributed by atoms with van der Waals surface area (Å²) in [6.45, 7) is 6.71. The molecule has 96 valence electrons. The molecule has 2 aliphatic carbocycles. The van der Waals surface area contributed by atoms with Crippen molar-refractivity contribution < 1.29 is 0 Å². The van der Waals surface area contributed by atoms with Gasteiger partial charge in [-0.05, 0) is 47.5 Å². The highest BCUT2D eigenvalue weighted by atomic mass is 14.3. The van der Waals surface area contributed by atoms with Crippen LogP contribution in [-0.2, 0) is 0 Å². The standard InChI is InChI=1S/C18H24/c1-4-6-8-17-15(7-5-2)13-16-11-9-14(3)10-12-18(16)17/h7-12,14H,4-6,13H2,1-3H3/b15-7-,17-8+. The van der Waals surface area contributed by atoms with Crippen molar-refractivity contribution in [2.75, 3.05) is 0 Å². The second-order valence-corrected chi connectivity index (χ2v) is 5.24. The van der Waals surface area contributed by atoms with Crippen molar-refractivity contribution in [2.45, 2.75) is 46.5 Å². The van der Waals surface area contributed by atoms with Gasteiger partial charge in [0.15, 0.2) is 0 Å². The average Bonchev–Trinajstić information content (AvgIpc) is 2.58. The van der Waals surface area contributed by atoms with E-state index in [0.717, 1.165) is 12.8 Å². The van der Waals surface area contributed by atoms with Crippen LogP contribution < -0.4 is 0 Å². The van der Waals surface area contributed by atoms with Gasteiger partial charge in [0.25, 0.3) is 0 Å². The van der Waals surface area contributed by atoms with Gasteiger partial charge in [0.2, 0.25) is 0 Å². The predicted molar refractivity (Wildman–Crippen MR) is 80.5 cm³/mol.